The van der Waals surface area contributed by atoms with Crippen molar-refractivity contribution in [2.24, 2.45) is 0 Å². The first-order valence-electron chi connectivity index (χ1n) is 6.09. The second-order valence-corrected chi connectivity index (χ2v) is 7.18. The Bertz CT molecular complexity index is 553. The lowest BCUT2D eigenvalue weighted by Gasteiger charge is -2.11. The summed E-state index contributed by atoms with van der Waals surface area (Å²) in [7, 11) is -3.71. The number of nitrogens with one attached hydrogen (secondary N) is 2. The third-order valence-electron chi connectivity index (χ3n) is 2.55. The number of thioether (sulfide) groups is 1. The summed E-state index contributed by atoms with van der Waals surface area (Å²) in [5, 5.41) is 2.95. The fourth-order valence-electron chi connectivity index (χ4n) is 1.52. The first kappa shape index (κ1) is 17.7. The molecular formula is C12H18ClFN2O2S2. The van der Waals surface area contributed by atoms with E-state index >= 15 is 0 Å². The monoisotopic (exact) mass is 340 g/mol. The maximum atomic E-state index is 13.7. The zero-order valence-corrected chi connectivity index (χ0v) is 13.8. The van der Waals surface area contributed by atoms with Gasteiger partial charge in [0.05, 0.1) is 9.92 Å². The fourth-order valence-corrected chi connectivity index (χ4v) is 3.23. The molecule has 0 amide bonds. The van der Waals surface area contributed by atoms with Crippen molar-refractivity contribution in [3.05, 3.63) is 28.5 Å². The average molecular weight is 341 g/mol. The van der Waals surface area contributed by atoms with Gasteiger partial charge in [0.1, 0.15) is 5.82 Å². The quantitative estimate of drug-likeness (QED) is 0.712. The molecule has 0 heterocycles. The van der Waals surface area contributed by atoms with Crippen molar-refractivity contribution in [2.45, 2.75) is 18.4 Å². The summed E-state index contributed by atoms with van der Waals surface area (Å²) in [6.45, 7) is 3.20. The van der Waals surface area contributed by atoms with Gasteiger partial charge in [-0.1, -0.05) is 18.5 Å². The Kier molecular flexibility index (Phi) is 7.25. The highest BCUT2D eigenvalue weighted by atomic mass is 35.5. The predicted octanol–water partition coefficient (Wildman–Crippen LogP) is 2.23. The van der Waals surface area contributed by atoms with E-state index in [0.29, 0.717) is 31.0 Å². The number of halogens is 2. The summed E-state index contributed by atoms with van der Waals surface area (Å²) in [6, 6.07) is 2.34. The Morgan fingerprint density at radius 1 is 1.40 bits per heavy atom. The molecule has 0 aromatic heterocycles. The number of hydrogen-bond donors (Lipinski definition) is 2. The Hall–Kier alpha value is -0.340. The van der Waals surface area contributed by atoms with Crippen molar-refractivity contribution < 1.29 is 12.8 Å². The molecule has 0 saturated heterocycles. The number of hydrogen-bond acceptors (Lipinski definition) is 4. The van der Waals surface area contributed by atoms with Crippen molar-refractivity contribution in [2.75, 3.05) is 25.1 Å². The molecule has 114 valence electrons. The van der Waals surface area contributed by atoms with Crippen LogP contribution in [0.25, 0.3) is 0 Å². The van der Waals surface area contributed by atoms with Crippen LogP contribution in [0, 0.1) is 5.82 Å². The largest absolute Gasteiger partial charge is 0.313 e. The standard InChI is InChI=1S/C12H18ClFN2O2S2/c1-3-15-8-9-6-10(7-11(14)12(9)13)20(17,18)16-4-5-19-2/h6-7,15-16H,3-5,8H2,1-2H3. The Morgan fingerprint density at radius 3 is 2.70 bits per heavy atom. The van der Waals surface area contributed by atoms with Gasteiger partial charge >= 0.3 is 0 Å². The smallest absolute Gasteiger partial charge is 0.240 e. The summed E-state index contributed by atoms with van der Waals surface area (Å²) >= 11 is 7.37. The van der Waals surface area contributed by atoms with Crippen molar-refractivity contribution >= 4 is 33.4 Å². The topological polar surface area (TPSA) is 58.2 Å². The van der Waals surface area contributed by atoms with E-state index in [1.165, 1.54) is 17.8 Å². The van der Waals surface area contributed by atoms with Crippen LogP contribution < -0.4 is 10.0 Å². The molecule has 1 rings (SSSR count). The van der Waals surface area contributed by atoms with Crippen LogP contribution >= 0.6 is 23.4 Å². The molecular weight excluding hydrogens is 323 g/mol. The van der Waals surface area contributed by atoms with Gasteiger partial charge in [-0.25, -0.2) is 17.5 Å². The van der Waals surface area contributed by atoms with Crippen LogP contribution in [0.3, 0.4) is 0 Å². The molecule has 2 N–H and O–H groups in total. The molecule has 20 heavy (non-hydrogen) atoms. The summed E-state index contributed by atoms with van der Waals surface area (Å²) in [5.41, 5.74) is 0.429. The van der Waals surface area contributed by atoms with Crippen LogP contribution in [-0.2, 0) is 16.6 Å². The molecule has 0 saturated carbocycles. The van der Waals surface area contributed by atoms with E-state index in [0.717, 1.165) is 6.07 Å². The number of benzene rings is 1. The first-order valence-corrected chi connectivity index (χ1v) is 9.35. The van der Waals surface area contributed by atoms with E-state index in [1.54, 1.807) is 0 Å². The molecule has 1 aromatic carbocycles. The molecule has 0 fully saturated rings. The zero-order chi connectivity index (χ0) is 15.2. The lowest BCUT2D eigenvalue weighted by atomic mass is 10.2. The molecule has 0 atom stereocenters. The molecule has 0 aliphatic carbocycles. The van der Waals surface area contributed by atoms with E-state index in [1.807, 2.05) is 13.2 Å². The lowest BCUT2D eigenvalue weighted by Crippen LogP contribution is -2.26. The molecule has 0 unspecified atom stereocenters. The van der Waals surface area contributed by atoms with Crippen molar-refractivity contribution in [3.63, 3.8) is 0 Å². The zero-order valence-electron chi connectivity index (χ0n) is 11.4. The second kappa shape index (κ2) is 8.19. The van der Waals surface area contributed by atoms with E-state index in [-0.39, 0.29) is 9.92 Å². The molecule has 0 spiro atoms. The van der Waals surface area contributed by atoms with Crippen LogP contribution in [0.4, 0.5) is 4.39 Å². The Labute approximate surface area is 128 Å². The maximum absolute atomic E-state index is 13.7. The minimum absolute atomic E-state index is 0.0472. The molecule has 8 heteroatoms. The van der Waals surface area contributed by atoms with Crippen LogP contribution in [0.1, 0.15) is 12.5 Å². The number of rotatable bonds is 8. The highest BCUT2D eigenvalue weighted by Crippen LogP contribution is 2.24. The summed E-state index contributed by atoms with van der Waals surface area (Å²) in [6.07, 6.45) is 1.88. The van der Waals surface area contributed by atoms with E-state index in [2.05, 4.69) is 10.0 Å². The van der Waals surface area contributed by atoms with Gasteiger partial charge < -0.3 is 5.32 Å². The minimum Gasteiger partial charge on any atom is -0.313 e. The second-order valence-electron chi connectivity index (χ2n) is 4.05. The van der Waals surface area contributed by atoms with E-state index < -0.39 is 15.8 Å². The SMILES string of the molecule is CCNCc1cc(S(=O)(=O)NCCSC)cc(F)c1Cl. The van der Waals surface area contributed by atoms with Crippen molar-refractivity contribution in [1.82, 2.24) is 10.0 Å². The van der Waals surface area contributed by atoms with Gasteiger partial charge in [0.2, 0.25) is 10.0 Å². The molecule has 1 aromatic rings. The fraction of sp³-hybridized carbons (Fsp3) is 0.500. The van der Waals surface area contributed by atoms with Gasteiger partial charge in [0.25, 0.3) is 0 Å². The minimum atomic E-state index is -3.71. The molecule has 0 aliphatic heterocycles. The molecule has 0 aliphatic rings. The van der Waals surface area contributed by atoms with Gasteiger partial charge in [-0.3, -0.25) is 0 Å². The predicted molar refractivity (Wildman–Crippen MR) is 82.4 cm³/mol. The third kappa shape index (κ3) is 4.89. The van der Waals surface area contributed by atoms with Gasteiger partial charge in [-0.05, 0) is 30.5 Å². The summed E-state index contributed by atoms with van der Waals surface area (Å²) < 4.78 is 40.2. The molecule has 0 bridgehead atoms. The van der Waals surface area contributed by atoms with Crippen LogP contribution in [0.5, 0.6) is 0 Å². The van der Waals surface area contributed by atoms with Gasteiger partial charge in [0, 0.05) is 18.8 Å². The highest BCUT2D eigenvalue weighted by Gasteiger charge is 2.18. The average Bonchev–Trinajstić information content (AvgIpc) is 2.40. The van der Waals surface area contributed by atoms with E-state index in [4.69, 9.17) is 11.6 Å². The van der Waals surface area contributed by atoms with Crippen LogP contribution in [0.15, 0.2) is 17.0 Å². The highest BCUT2D eigenvalue weighted by molar-refractivity contribution is 7.98. The third-order valence-corrected chi connectivity index (χ3v) is 5.03. The van der Waals surface area contributed by atoms with Crippen molar-refractivity contribution in [3.8, 4) is 0 Å². The van der Waals surface area contributed by atoms with Crippen LogP contribution in [0.2, 0.25) is 5.02 Å². The van der Waals surface area contributed by atoms with Crippen molar-refractivity contribution in [1.29, 1.82) is 0 Å². The summed E-state index contributed by atoms with van der Waals surface area (Å²) in [4.78, 5) is -0.103. The lowest BCUT2D eigenvalue weighted by molar-refractivity contribution is 0.578. The Balaban J connectivity index is 3.03. The first-order chi connectivity index (χ1) is 9.42. The number of sulfonamides is 1. The van der Waals surface area contributed by atoms with Crippen LogP contribution in [-0.4, -0.2) is 33.5 Å². The van der Waals surface area contributed by atoms with Gasteiger partial charge in [-0.15, -0.1) is 0 Å². The normalized spacial score (nSPS) is 11.8. The summed E-state index contributed by atoms with van der Waals surface area (Å²) in [5.74, 6) is -0.0770. The molecule has 0 radical (unpaired) electrons. The van der Waals surface area contributed by atoms with Gasteiger partial charge in [0.15, 0.2) is 0 Å². The maximum Gasteiger partial charge on any atom is 0.240 e. The molecule has 4 nitrogen and oxygen atoms in total. The van der Waals surface area contributed by atoms with E-state index in [9.17, 15) is 12.8 Å². The van der Waals surface area contributed by atoms with Gasteiger partial charge in [-0.2, -0.15) is 11.8 Å². The Morgan fingerprint density at radius 2 is 2.10 bits per heavy atom.